The Balaban J connectivity index is 2.92. The number of hydrogen-bond acceptors (Lipinski definition) is 4. The number of nitrogens with one attached hydrogen (secondary N) is 2. The molecular formula is C17H32N6O2. The lowest BCUT2D eigenvalue weighted by atomic mass is 10.2. The highest BCUT2D eigenvalue weighted by Crippen LogP contribution is 2.22. The standard InChI is InChI=1S/C17H32N6O2/c1-8-14-13(16(25-7)23(6)21-14)10-19-17(18-9-12(2)3)20-11-15(24)22(4)5/h12H,8-11H2,1-7H3,(H2,18,19,20). The van der Waals surface area contributed by atoms with Crippen LogP contribution >= 0.6 is 0 Å². The molecule has 2 N–H and O–H groups in total. The molecule has 8 heteroatoms. The van der Waals surface area contributed by atoms with Crippen LogP contribution in [0.3, 0.4) is 0 Å². The van der Waals surface area contributed by atoms with Gasteiger partial charge in [0.25, 0.3) is 0 Å². The largest absolute Gasteiger partial charge is 0.481 e. The Bertz CT molecular complexity index is 592. The van der Waals surface area contributed by atoms with Crippen LogP contribution < -0.4 is 15.4 Å². The molecule has 0 aliphatic rings. The minimum atomic E-state index is -0.00717. The fourth-order valence-corrected chi connectivity index (χ4v) is 2.25. The average molecular weight is 352 g/mol. The lowest BCUT2D eigenvalue weighted by molar-refractivity contribution is -0.127. The Hall–Kier alpha value is -2.25. The van der Waals surface area contributed by atoms with Gasteiger partial charge in [0.15, 0.2) is 5.96 Å². The first-order chi connectivity index (χ1) is 11.8. The van der Waals surface area contributed by atoms with Gasteiger partial charge >= 0.3 is 0 Å². The van der Waals surface area contributed by atoms with Gasteiger partial charge in [-0.2, -0.15) is 5.10 Å². The molecule has 25 heavy (non-hydrogen) atoms. The van der Waals surface area contributed by atoms with E-state index in [1.54, 1.807) is 30.8 Å². The van der Waals surface area contributed by atoms with Crippen LogP contribution in [-0.2, 0) is 24.8 Å². The molecule has 0 saturated carbocycles. The van der Waals surface area contributed by atoms with E-state index in [-0.39, 0.29) is 12.5 Å². The summed E-state index contributed by atoms with van der Waals surface area (Å²) in [5.74, 6) is 1.79. The zero-order valence-corrected chi connectivity index (χ0v) is 16.5. The van der Waals surface area contributed by atoms with Gasteiger partial charge in [-0.1, -0.05) is 20.8 Å². The van der Waals surface area contributed by atoms with Crippen LogP contribution in [0.15, 0.2) is 4.99 Å². The van der Waals surface area contributed by atoms with Gasteiger partial charge in [-0.3, -0.25) is 4.79 Å². The number of amides is 1. The lowest BCUT2D eigenvalue weighted by Crippen LogP contribution is -2.44. The molecule has 0 saturated heterocycles. The molecule has 0 aliphatic heterocycles. The number of nitrogens with zero attached hydrogens (tertiary/aromatic N) is 4. The first kappa shape index (κ1) is 20.8. The molecule has 0 bridgehead atoms. The third-order valence-corrected chi connectivity index (χ3v) is 3.68. The van der Waals surface area contributed by atoms with Crippen molar-refractivity contribution in [3.63, 3.8) is 0 Å². The molecule has 0 unspecified atom stereocenters. The Morgan fingerprint density at radius 2 is 2.04 bits per heavy atom. The number of methoxy groups -OCH3 is 1. The molecule has 8 nitrogen and oxygen atoms in total. The molecule has 1 aromatic heterocycles. The molecule has 1 amide bonds. The molecule has 0 atom stereocenters. The van der Waals surface area contributed by atoms with E-state index in [2.05, 4.69) is 41.5 Å². The van der Waals surface area contributed by atoms with Crippen molar-refractivity contribution in [1.82, 2.24) is 25.3 Å². The highest BCUT2D eigenvalue weighted by molar-refractivity contribution is 5.86. The lowest BCUT2D eigenvalue weighted by Gasteiger charge is -2.16. The highest BCUT2D eigenvalue weighted by Gasteiger charge is 2.15. The molecule has 0 fully saturated rings. The van der Waals surface area contributed by atoms with Crippen LogP contribution in [0, 0.1) is 5.92 Å². The zero-order valence-electron chi connectivity index (χ0n) is 16.5. The summed E-state index contributed by atoms with van der Waals surface area (Å²) < 4.78 is 7.18. The van der Waals surface area contributed by atoms with Crippen molar-refractivity contribution in [3.05, 3.63) is 11.3 Å². The maximum atomic E-state index is 11.8. The number of ether oxygens (including phenoxy) is 1. The summed E-state index contributed by atoms with van der Waals surface area (Å²) in [4.78, 5) is 18.0. The van der Waals surface area contributed by atoms with Gasteiger partial charge in [0.2, 0.25) is 11.8 Å². The maximum absolute atomic E-state index is 11.8. The van der Waals surface area contributed by atoms with Crippen molar-refractivity contribution in [1.29, 1.82) is 0 Å². The van der Waals surface area contributed by atoms with E-state index in [9.17, 15) is 4.79 Å². The first-order valence-electron chi connectivity index (χ1n) is 8.61. The summed E-state index contributed by atoms with van der Waals surface area (Å²) in [6.45, 7) is 7.70. The average Bonchev–Trinajstić information content (AvgIpc) is 2.88. The normalized spacial score (nSPS) is 11.6. The Morgan fingerprint density at radius 3 is 2.56 bits per heavy atom. The van der Waals surface area contributed by atoms with Gasteiger partial charge < -0.3 is 20.3 Å². The number of aliphatic imine (C=N–C) groups is 1. The van der Waals surface area contributed by atoms with E-state index < -0.39 is 0 Å². The predicted molar refractivity (Wildman–Crippen MR) is 99.8 cm³/mol. The van der Waals surface area contributed by atoms with E-state index >= 15 is 0 Å². The van der Waals surface area contributed by atoms with Crippen molar-refractivity contribution < 1.29 is 9.53 Å². The summed E-state index contributed by atoms with van der Waals surface area (Å²) in [5.41, 5.74) is 1.94. The Labute approximate surface area is 150 Å². The molecule has 0 spiro atoms. The second kappa shape index (κ2) is 9.90. The minimum absolute atomic E-state index is 0.00717. The quantitative estimate of drug-likeness (QED) is 0.533. The highest BCUT2D eigenvalue weighted by atomic mass is 16.5. The molecule has 1 aromatic rings. The van der Waals surface area contributed by atoms with Gasteiger partial charge in [0.1, 0.15) is 0 Å². The summed E-state index contributed by atoms with van der Waals surface area (Å²) in [6.07, 6.45) is 0.809. The van der Waals surface area contributed by atoms with Gasteiger partial charge in [0.05, 0.1) is 31.5 Å². The van der Waals surface area contributed by atoms with Gasteiger partial charge in [0, 0.05) is 27.7 Å². The van der Waals surface area contributed by atoms with Crippen molar-refractivity contribution in [3.8, 4) is 5.88 Å². The van der Waals surface area contributed by atoms with E-state index in [1.165, 1.54) is 0 Å². The van der Waals surface area contributed by atoms with Crippen molar-refractivity contribution in [2.75, 3.05) is 34.3 Å². The molecule has 0 aromatic carbocycles. The number of carbonyl (C=O) groups excluding carboxylic acids is 1. The summed E-state index contributed by atoms with van der Waals surface area (Å²) in [6, 6.07) is 0. The number of rotatable bonds is 8. The third kappa shape index (κ3) is 6.28. The minimum Gasteiger partial charge on any atom is -0.481 e. The van der Waals surface area contributed by atoms with Crippen LogP contribution in [-0.4, -0.2) is 60.8 Å². The molecule has 1 heterocycles. The molecular weight excluding hydrogens is 320 g/mol. The van der Waals surface area contributed by atoms with E-state index in [0.717, 1.165) is 24.2 Å². The fraction of sp³-hybridized carbons (Fsp3) is 0.706. The second-order valence-electron chi connectivity index (χ2n) is 6.49. The molecule has 142 valence electrons. The monoisotopic (exact) mass is 352 g/mol. The van der Waals surface area contributed by atoms with Gasteiger partial charge in [-0.25, -0.2) is 9.67 Å². The van der Waals surface area contributed by atoms with Crippen molar-refractivity contribution in [2.45, 2.75) is 33.7 Å². The van der Waals surface area contributed by atoms with Gasteiger partial charge in [-0.15, -0.1) is 0 Å². The number of guanidine groups is 1. The molecule has 1 rings (SSSR count). The molecule has 0 aliphatic carbocycles. The van der Waals surface area contributed by atoms with E-state index in [0.29, 0.717) is 24.3 Å². The van der Waals surface area contributed by atoms with Crippen molar-refractivity contribution >= 4 is 11.9 Å². The van der Waals surface area contributed by atoms with Gasteiger partial charge in [-0.05, 0) is 12.3 Å². The van der Waals surface area contributed by atoms with E-state index in [4.69, 9.17) is 4.74 Å². The van der Waals surface area contributed by atoms with E-state index in [1.807, 2.05) is 7.05 Å². The topological polar surface area (TPSA) is 83.8 Å². The summed E-state index contributed by atoms with van der Waals surface area (Å²) in [7, 11) is 6.96. The fourth-order valence-electron chi connectivity index (χ4n) is 2.25. The summed E-state index contributed by atoms with van der Waals surface area (Å²) in [5, 5.41) is 10.8. The third-order valence-electron chi connectivity index (χ3n) is 3.68. The number of hydrogen-bond donors (Lipinski definition) is 2. The smallest absolute Gasteiger partial charge is 0.241 e. The number of aromatic nitrogens is 2. The second-order valence-corrected chi connectivity index (χ2v) is 6.49. The number of aryl methyl sites for hydroxylation is 2. The SMILES string of the molecule is CCc1nn(C)c(OC)c1CN=C(NCC(=O)N(C)C)NCC(C)C. The zero-order chi connectivity index (χ0) is 19.0. The van der Waals surface area contributed by atoms with Crippen LogP contribution in [0.4, 0.5) is 0 Å². The van der Waals surface area contributed by atoms with Crippen molar-refractivity contribution in [2.24, 2.45) is 18.0 Å². The van der Waals surface area contributed by atoms with Crippen LogP contribution in [0.5, 0.6) is 5.88 Å². The summed E-state index contributed by atoms with van der Waals surface area (Å²) >= 11 is 0. The Morgan fingerprint density at radius 1 is 1.36 bits per heavy atom. The Kier molecular flexibility index (Phi) is 8.24. The van der Waals surface area contributed by atoms with Crippen LogP contribution in [0.1, 0.15) is 32.0 Å². The van der Waals surface area contributed by atoms with Crippen LogP contribution in [0.2, 0.25) is 0 Å². The number of likely N-dealkylation sites (N-methyl/N-ethyl adjacent to an activating group) is 1. The number of carbonyl (C=O) groups is 1. The molecule has 0 radical (unpaired) electrons. The first-order valence-corrected chi connectivity index (χ1v) is 8.61. The van der Waals surface area contributed by atoms with Crippen LogP contribution in [0.25, 0.3) is 0 Å². The maximum Gasteiger partial charge on any atom is 0.241 e. The predicted octanol–water partition coefficient (Wildman–Crippen LogP) is 0.771.